The summed E-state index contributed by atoms with van der Waals surface area (Å²) in [4.78, 5) is 10.5. The van der Waals surface area contributed by atoms with E-state index in [1.165, 1.54) is 12.2 Å². The number of nitrogens with one attached hydrogen (secondary N) is 1. The lowest BCUT2D eigenvalue weighted by molar-refractivity contribution is -0.385. The number of nitrogens with zero attached hydrogens (tertiary/aromatic N) is 1. The van der Waals surface area contributed by atoms with Gasteiger partial charge in [-0.15, -0.1) is 0 Å². The Bertz CT molecular complexity index is 462. The molecule has 1 N–H and O–H groups in total. The lowest BCUT2D eigenvalue weighted by Crippen LogP contribution is -2.25. The van der Waals surface area contributed by atoms with E-state index in [0.29, 0.717) is 11.6 Å². The van der Waals surface area contributed by atoms with E-state index in [9.17, 15) is 10.1 Å². The summed E-state index contributed by atoms with van der Waals surface area (Å²) in [6.07, 6.45) is 2.39. The molecule has 98 valence electrons. The van der Waals surface area contributed by atoms with Crippen LogP contribution < -0.4 is 5.32 Å². The number of thioether (sulfide) groups is 1. The molecule has 0 aliphatic carbocycles. The molecule has 18 heavy (non-hydrogen) atoms. The quantitative estimate of drug-likeness (QED) is 0.672. The van der Waals surface area contributed by atoms with Crippen LogP contribution >= 0.6 is 27.7 Å². The molecule has 1 aromatic rings. The molecule has 2 rings (SSSR count). The van der Waals surface area contributed by atoms with Crippen molar-refractivity contribution in [3.05, 3.63) is 32.3 Å². The van der Waals surface area contributed by atoms with Gasteiger partial charge < -0.3 is 5.32 Å². The highest BCUT2D eigenvalue weighted by Crippen LogP contribution is 2.32. The van der Waals surface area contributed by atoms with Crippen LogP contribution in [0.2, 0.25) is 0 Å². The standard InChI is InChI=1S/C12H15BrN2O2S/c1-8-5-11(10(13)6-12(8)15(16)17)14-9-3-2-4-18-7-9/h5-6,9,14H,2-4,7H2,1H3. The number of halogens is 1. The monoisotopic (exact) mass is 330 g/mol. The minimum absolute atomic E-state index is 0.158. The predicted molar refractivity (Wildman–Crippen MR) is 79.5 cm³/mol. The summed E-state index contributed by atoms with van der Waals surface area (Å²) in [5.41, 5.74) is 1.80. The number of aryl methyl sites for hydroxylation is 1. The molecule has 0 spiro atoms. The van der Waals surface area contributed by atoms with Crippen LogP contribution in [0, 0.1) is 17.0 Å². The maximum absolute atomic E-state index is 10.8. The largest absolute Gasteiger partial charge is 0.381 e. The van der Waals surface area contributed by atoms with Crippen LogP contribution in [0.4, 0.5) is 11.4 Å². The van der Waals surface area contributed by atoms with Gasteiger partial charge in [-0.1, -0.05) is 0 Å². The Balaban J connectivity index is 2.18. The number of anilines is 1. The molecule has 0 aromatic heterocycles. The average Bonchev–Trinajstić information content (AvgIpc) is 2.34. The molecule has 1 fully saturated rings. The third kappa shape index (κ3) is 3.17. The smallest absolute Gasteiger partial charge is 0.273 e. The SMILES string of the molecule is Cc1cc(NC2CCCSC2)c(Br)cc1[N+](=O)[O-]. The van der Waals surface area contributed by atoms with E-state index < -0.39 is 0 Å². The zero-order valence-corrected chi connectivity index (χ0v) is 12.5. The van der Waals surface area contributed by atoms with E-state index in [-0.39, 0.29) is 10.6 Å². The molecule has 1 heterocycles. The van der Waals surface area contributed by atoms with Crippen molar-refractivity contribution in [1.29, 1.82) is 0 Å². The van der Waals surface area contributed by atoms with E-state index in [0.717, 1.165) is 22.3 Å². The van der Waals surface area contributed by atoms with Gasteiger partial charge in [0.1, 0.15) is 0 Å². The fraction of sp³-hybridized carbons (Fsp3) is 0.500. The topological polar surface area (TPSA) is 55.2 Å². The fourth-order valence-corrected chi connectivity index (χ4v) is 3.57. The molecular weight excluding hydrogens is 316 g/mol. The number of nitro groups is 1. The number of rotatable bonds is 3. The molecule has 0 radical (unpaired) electrons. The molecule has 6 heteroatoms. The number of hydrogen-bond donors (Lipinski definition) is 1. The number of benzene rings is 1. The van der Waals surface area contributed by atoms with E-state index >= 15 is 0 Å². The molecule has 0 bridgehead atoms. The summed E-state index contributed by atoms with van der Waals surface area (Å²) in [6.45, 7) is 1.77. The van der Waals surface area contributed by atoms with Gasteiger partial charge in [0.25, 0.3) is 5.69 Å². The lowest BCUT2D eigenvalue weighted by Gasteiger charge is -2.24. The van der Waals surface area contributed by atoms with Crippen molar-refractivity contribution in [3.63, 3.8) is 0 Å². The van der Waals surface area contributed by atoms with Crippen molar-refractivity contribution in [3.8, 4) is 0 Å². The van der Waals surface area contributed by atoms with Crippen molar-refractivity contribution in [2.24, 2.45) is 0 Å². The summed E-state index contributed by atoms with van der Waals surface area (Å²) in [6, 6.07) is 3.88. The Morgan fingerprint density at radius 2 is 2.33 bits per heavy atom. The highest BCUT2D eigenvalue weighted by Gasteiger charge is 2.18. The minimum Gasteiger partial charge on any atom is -0.381 e. The van der Waals surface area contributed by atoms with Crippen LogP contribution in [0.15, 0.2) is 16.6 Å². The Hall–Kier alpha value is -0.750. The molecule has 1 saturated heterocycles. The van der Waals surface area contributed by atoms with Crippen LogP contribution in [-0.2, 0) is 0 Å². The first-order chi connectivity index (χ1) is 8.58. The van der Waals surface area contributed by atoms with Crippen LogP contribution in [0.1, 0.15) is 18.4 Å². The average molecular weight is 331 g/mol. The van der Waals surface area contributed by atoms with Crippen LogP contribution in [0.5, 0.6) is 0 Å². The molecular formula is C12H15BrN2O2S. The van der Waals surface area contributed by atoms with Crippen molar-refractivity contribution in [2.75, 3.05) is 16.8 Å². The lowest BCUT2D eigenvalue weighted by atomic mass is 10.1. The molecule has 1 aromatic carbocycles. The van der Waals surface area contributed by atoms with Gasteiger partial charge in [0.2, 0.25) is 0 Å². The number of hydrogen-bond acceptors (Lipinski definition) is 4. The van der Waals surface area contributed by atoms with Gasteiger partial charge in [-0.05, 0) is 47.5 Å². The van der Waals surface area contributed by atoms with Gasteiger partial charge in [-0.25, -0.2) is 0 Å². The first-order valence-corrected chi connectivity index (χ1v) is 7.81. The molecule has 1 unspecified atom stereocenters. The van der Waals surface area contributed by atoms with Gasteiger partial charge in [0, 0.05) is 33.6 Å². The first kappa shape index (κ1) is 13.7. The predicted octanol–water partition coefficient (Wildman–Crippen LogP) is 3.97. The third-order valence-electron chi connectivity index (χ3n) is 3.00. The second kappa shape index (κ2) is 5.93. The molecule has 0 amide bonds. The Kier molecular flexibility index (Phi) is 4.50. The third-order valence-corrected chi connectivity index (χ3v) is 4.87. The highest BCUT2D eigenvalue weighted by atomic mass is 79.9. The van der Waals surface area contributed by atoms with E-state index in [1.807, 2.05) is 17.8 Å². The van der Waals surface area contributed by atoms with Crippen molar-refractivity contribution in [1.82, 2.24) is 0 Å². The second-order valence-electron chi connectivity index (χ2n) is 4.43. The maximum Gasteiger partial charge on any atom is 0.273 e. The Morgan fingerprint density at radius 1 is 1.56 bits per heavy atom. The van der Waals surface area contributed by atoms with Crippen molar-refractivity contribution >= 4 is 39.1 Å². The fourth-order valence-electron chi connectivity index (χ4n) is 2.05. The zero-order valence-electron chi connectivity index (χ0n) is 10.1. The Labute approximate surface area is 119 Å². The first-order valence-electron chi connectivity index (χ1n) is 5.86. The van der Waals surface area contributed by atoms with Gasteiger partial charge in [0.05, 0.1) is 4.92 Å². The van der Waals surface area contributed by atoms with E-state index in [2.05, 4.69) is 21.2 Å². The van der Waals surface area contributed by atoms with Crippen molar-refractivity contribution < 1.29 is 4.92 Å². The Morgan fingerprint density at radius 3 is 2.94 bits per heavy atom. The van der Waals surface area contributed by atoms with Crippen LogP contribution in [-0.4, -0.2) is 22.5 Å². The molecule has 1 aliphatic heterocycles. The van der Waals surface area contributed by atoms with Crippen LogP contribution in [0.3, 0.4) is 0 Å². The van der Waals surface area contributed by atoms with Gasteiger partial charge in [-0.3, -0.25) is 10.1 Å². The molecule has 0 saturated carbocycles. The minimum atomic E-state index is -0.347. The van der Waals surface area contributed by atoms with Gasteiger partial charge in [0.15, 0.2) is 0 Å². The summed E-state index contributed by atoms with van der Waals surface area (Å²) in [7, 11) is 0. The highest BCUT2D eigenvalue weighted by molar-refractivity contribution is 9.10. The summed E-state index contributed by atoms with van der Waals surface area (Å²) >= 11 is 5.36. The number of nitro benzene ring substituents is 1. The second-order valence-corrected chi connectivity index (χ2v) is 6.44. The zero-order chi connectivity index (χ0) is 13.1. The van der Waals surface area contributed by atoms with E-state index in [1.54, 1.807) is 13.0 Å². The molecule has 4 nitrogen and oxygen atoms in total. The molecule has 1 atom stereocenters. The van der Waals surface area contributed by atoms with Crippen molar-refractivity contribution in [2.45, 2.75) is 25.8 Å². The van der Waals surface area contributed by atoms with Gasteiger partial charge in [-0.2, -0.15) is 11.8 Å². The van der Waals surface area contributed by atoms with E-state index in [4.69, 9.17) is 0 Å². The van der Waals surface area contributed by atoms with Crippen LogP contribution in [0.25, 0.3) is 0 Å². The maximum atomic E-state index is 10.8. The normalized spacial score (nSPS) is 19.6. The molecule has 1 aliphatic rings. The summed E-state index contributed by atoms with van der Waals surface area (Å²) < 4.78 is 0.760. The van der Waals surface area contributed by atoms with Gasteiger partial charge >= 0.3 is 0 Å². The summed E-state index contributed by atoms with van der Waals surface area (Å²) in [5.74, 6) is 2.33. The summed E-state index contributed by atoms with van der Waals surface area (Å²) in [5, 5.41) is 14.3.